The number of rotatable bonds is 10. The SMILES string of the molecule is C/C=C\C(/C=C/C(=N)C(CNCC)/C(C)=N\C)CNC. The van der Waals surface area contributed by atoms with Crippen LogP contribution in [0.1, 0.15) is 20.8 Å². The molecule has 0 amide bonds. The van der Waals surface area contributed by atoms with E-state index in [1.807, 2.05) is 33.0 Å². The Morgan fingerprint density at radius 1 is 1.30 bits per heavy atom. The van der Waals surface area contributed by atoms with Crippen LogP contribution in [0.4, 0.5) is 0 Å². The van der Waals surface area contributed by atoms with Gasteiger partial charge in [0.05, 0.1) is 5.92 Å². The lowest BCUT2D eigenvalue weighted by Gasteiger charge is -2.16. The van der Waals surface area contributed by atoms with Crippen LogP contribution in [0, 0.1) is 17.2 Å². The van der Waals surface area contributed by atoms with Gasteiger partial charge >= 0.3 is 0 Å². The zero-order valence-electron chi connectivity index (χ0n) is 13.5. The molecule has 2 atom stereocenters. The van der Waals surface area contributed by atoms with Crippen molar-refractivity contribution < 1.29 is 0 Å². The van der Waals surface area contributed by atoms with Crippen molar-refractivity contribution in [3.63, 3.8) is 0 Å². The number of hydrogen-bond donors (Lipinski definition) is 3. The molecule has 0 rings (SSSR count). The number of aliphatic imine (C=N–C) groups is 1. The number of nitrogens with zero attached hydrogens (tertiary/aromatic N) is 1. The highest BCUT2D eigenvalue weighted by molar-refractivity contribution is 6.10. The molecule has 0 aromatic carbocycles. The fraction of sp³-hybridized carbons (Fsp3) is 0.625. The number of allylic oxidation sites excluding steroid dienone is 2. The van der Waals surface area contributed by atoms with Gasteiger partial charge in [0.15, 0.2) is 0 Å². The molecule has 0 aromatic heterocycles. The third-order valence-corrected chi connectivity index (χ3v) is 3.23. The van der Waals surface area contributed by atoms with Crippen molar-refractivity contribution in [2.24, 2.45) is 16.8 Å². The van der Waals surface area contributed by atoms with Gasteiger partial charge in [0, 0.05) is 37.5 Å². The topological polar surface area (TPSA) is 60.3 Å². The van der Waals surface area contributed by atoms with Crippen LogP contribution < -0.4 is 10.6 Å². The lowest BCUT2D eigenvalue weighted by Crippen LogP contribution is -2.32. The molecule has 0 fully saturated rings. The van der Waals surface area contributed by atoms with Crippen LogP contribution in [0.3, 0.4) is 0 Å². The minimum absolute atomic E-state index is 0.0528. The van der Waals surface area contributed by atoms with Crippen LogP contribution >= 0.6 is 0 Å². The van der Waals surface area contributed by atoms with Crippen LogP contribution in [0.2, 0.25) is 0 Å². The fourth-order valence-electron chi connectivity index (χ4n) is 1.95. The molecule has 4 nitrogen and oxygen atoms in total. The van der Waals surface area contributed by atoms with Gasteiger partial charge in [-0.15, -0.1) is 0 Å². The summed E-state index contributed by atoms with van der Waals surface area (Å²) >= 11 is 0. The maximum atomic E-state index is 8.26. The van der Waals surface area contributed by atoms with Gasteiger partial charge in [-0.1, -0.05) is 25.2 Å². The predicted molar refractivity (Wildman–Crippen MR) is 90.2 cm³/mol. The average Bonchev–Trinajstić information content (AvgIpc) is 2.45. The molecule has 0 heterocycles. The van der Waals surface area contributed by atoms with Gasteiger partial charge in [-0.3, -0.25) is 4.99 Å². The molecule has 0 saturated heterocycles. The first-order valence-corrected chi connectivity index (χ1v) is 7.28. The molecule has 0 aliphatic rings. The van der Waals surface area contributed by atoms with Crippen molar-refractivity contribution in [1.29, 1.82) is 5.41 Å². The fourth-order valence-corrected chi connectivity index (χ4v) is 1.95. The van der Waals surface area contributed by atoms with Gasteiger partial charge < -0.3 is 16.0 Å². The third kappa shape index (κ3) is 7.36. The summed E-state index contributed by atoms with van der Waals surface area (Å²) in [6.07, 6.45) is 8.19. The van der Waals surface area contributed by atoms with Gasteiger partial charge in [-0.25, -0.2) is 0 Å². The Morgan fingerprint density at radius 2 is 2.00 bits per heavy atom. The first-order valence-electron chi connectivity index (χ1n) is 7.28. The van der Waals surface area contributed by atoms with Crippen molar-refractivity contribution in [3.8, 4) is 0 Å². The molecule has 0 saturated carbocycles. The van der Waals surface area contributed by atoms with E-state index in [1.165, 1.54) is 0 Å². The molecule has 2 unspecified atom stereocenters. The van der Waals surface area contributed by atoms with Gasteiger partial charge in [0.25, 0.3) is 0 Å². The Hall–Kier alpha value is -1.26. The summed E-state index contributed by atoms with van der Waals surface area (Å²) in [5.74, 6) is 0.376. The summed E-state index contributed by atoms with van der Waals surface area (Å²) in [4.78, 5) is 4.24. The Balaban J connectivity index is 4.79. The van der Waals surface area contributed by atoms with Crippen LogP contribution in [-0.2, 0) is 0 Å². The van der Waals surface area contributed by atoms with Crippen molar-refractivity contribution in [2.75, 3.05) is 33.7 Å². The van der Waals surface area contributed by atoms with E-state index in [2.05, 4.69) is 34.7 Å². The van der Waals surface area contributed by atoms with Gasteiger partial charge in [0.2, 0.25) is 0 Å². The summed E-state index contributed by atoms with van der Waals surface area (Å²) in [5.41, 5.74) is 1.61. The number of nitrogens with one attached hydrogen (secondary N) is 3. The second-order valence-electron chi connectivity index (χ2n) is 4.79. The first kappa shape index (κ1) is 18.7. The second kappa shape index (κ2) is 11.6. The minimum atomic E-state index is 0.0528. The first-order chi connectivity index (χ1) is 9.60. The molecule has 0 spiro atoms. The van der Waals surface area contributed by atoms with Crippen molar-refractivity contribution >= 4 is 11.4 Å². The van der Waals surface area contributed by atoms with Crippen molar-refractivity contribution in [1.82, 2.24) is 10.6 Å². The molecule has 4 heteroatoms. The van der Waals surface area contributed by atoms with Crippen molar-refractivity contribution in [3.05, 3.63) is 24.3 Å². The normalized spacial score (nSPS) is 15.9. The summed E-state index contributed by atoms with van der Waals surface area (Å²) in [6, 6.07) is 0. The van der Waals surface area contributed by atoms with E-state index in [0.717, 1.165) is 25.3 Å². The molecule has 0 aromatic rings. The highest BCUT2D eigenvalue weighted by Gasteiger charge is 2.15. The minimum Gasteiger partial charge on any atom is -0.319 e. The van der Waals surface area contributed by atoms with E-state index in [4.69, 9.17) is 5.41 Å². The zero-order valence-corrected chi connectivity index (χ0v) is 13.5. The van der Waals surface area contributed by atoms with E-state index < -0.39 is 0 Å². The summed E-state index contributed by atoms with van der Waals surface area (Å²) < 4.78 is 0. The summed E-state index contributed by atoms with van der Waals surface area (Å²) in [7, 11) is 3.73. The third-order valence-electron chi connectivity index (χ3n) is 3.23. The molecule has 0 bridgehead atoms. The largest absolute Gasteiger partial charge is 0.319 e. The molecule has 114 valence electrons. The molecule has 3 N–H and O–H groups in total. The highest BCUT2D eigenvalue weighted by Crippen LogP contribution is 2.06. The molecule has 0 aliphatic heterocycles. The monoisotopic (exact) mass is 278 g/mol. The zero-order chi connectivity index (χ0) is 15.4. The van der Waals surface area contributed by atoms with Gasteiger partial charge in [-0.2, -0.15) is 0 Å². The summed E-state index contributed by atoms with van der Waals surface area (Å²) in [6.45, 7) is 8.64. The van der Waals surface area contributed by atoms with Gasteiger partial charge in [-0.05, 0) is 33.5 Å². The smallest absolute Gasteiger partial charge is 0.0506 e. The Bertz CT molecular complexity index is 355. The number of hydrogen-bond acceptors (Lipinski definition) is 4. The van der Waals surface area contributed by atoms with Crippen LogP contribution in [0.15, 0.2) is 29.3 Å². The standard InChI is InChI=1S/C16H30N4/c1-6-8-14(11-18-4)9-10-16(17)15(12-20-7-2)13(3)19-5/h6,8-10,14-15,17-18,20H,7,11-12H2,1-5H3/b8-6-,10-9+,17-16?,19-13-. The van der Waals surface area contributed by atoms with Crippen LogP contribution in [0.5, 0.6) is 0 Å². The Morgan fingerprint density at radius 3 is 2.50 bits per heavy atom. The van der Waals surface area contributed by atoms with Crippen LogP contribution in [-0.4, -0.2) is 45.2 Å². The molecule has 0 aliphatic carbocycles. The van der Waals surface area contributed by atoms with E-state index in [-0.39, 0.29) is 5.92 Å². The van der Waals surface area contributed by atoms with Gasteiger partial charge in [0.1, 0.15) is 0 Å². The molecular weight excluding hydrogens is 248 g/mol. The quantitative estimate of drug-likeness (QED) is 0.424. The molecule has 0 radical (unpaired) electrons. The van der Waals surface area contributed by atoms with Crippen LogP contribution in [0.25, 0.3) is 0 Å². The second-order valence-corrected chi connectivity index (χ2v) is 4.79. The Kier molecular flexibility index (Phi) is 10.8. The van der Waals surface area contributed by atoms with Crippen molar-refractivity contribution in [2.45, 2.75) is 20.8 Å². The lowest BCUT2D eigenvalue weighted by molar-refractivity contribution is 0.684. The Labute approximate surface area is 124 Å². The predicted octanol–water partition coefficient (Wildman–Crippen LogP) is 2.29. The average molecular weight is 278 g/mol. The van der Waals surface area contributed by atoms with E-state index in [9.17, 15) is 0 Å². The van der Waals surface area contributed by atoms with E-state index in [0.29, 0.717) is 11.6 Å². The highest BCUT2D eigenvalue weighted by atomic mass is 14.9. The maximum Gasteiger partial charge on any atom is 0.0506 e. The van der Waals surface area contributed by atoms with E-state index in [1.54, 1.807) is 7.05 Å². The molecular formula is C16H30N4. The summed E-state index contributed by atoms with van der Waals surface area (Å²) in [5, 5.41) is 14.7. The van der Waals surface area contributed by atoms with E-state index >= 15 is 0 Å². The lowest BCUT2D eigenvalue weighted by atomic mass is 9.96. The molecule has 20 heavy (non-hydrogen) atoms. The maximum absolute atomic E-state index is 8.26.